The maximum Gasteiger partial charge on any atom is 0.156 e. The molecule has 0 saturated heterocycles. The predicted octanol–water partition coefficient (Wildman–Crippen LogP) is 1.39. The number of nitrogens with zero attached hydrogens (tertiary/aromatic N) is 1. The quantitative estimate of drug-likeness (QED) is 0.272. The first-order chi connectivity index (χ1) is 6.31. The van der Waals surface area contributed by atoms with Crippen molar-refractivity contribution in [2.24, 2.45) is 22.2 Å². The Morgan fingerprint density at radius 2 is 1.93 bits per heavy atom. The molecule has 14 heavy (non-hydrogen) atoms. The Morgan fingerprint density at radius 3 is 2.29 bits per heavy atom. The Labute approximate surface area is 86.6 Å². The van der Waals surface area contributed by atoms with E-state index in [4.69, 9.17) is 10.9 Å². The molecule has 0 aliphatic heterocycles. The molecule has 1 atom stereocenters. The fourth-order valence-electron chi connectivity index (χ4n) is 0.811. The maximum atomic E-state index is 8.47. The number of amidine groups is 1. The second-order valence-corrected chi connectivity index (χ2v) is 4.77. The zero-order valence-electron chi connectivity index (χ0n) is 9.83. The van der Waals surface area contributed by atoms with Crippen molar-refractivity contribution in [3.05, 3.63) is 0 Å². The van der Waals surface area contributed by atoms with Gasteiger partial charge in [0, 0.05) is 6.54 Å². The van der Waals surface area contributed by atoms with E-state index < -0.39 is 0 Å². The third-order valence-electron chi connectivity index (χ3n) is 2.99. The average molecular weight is 201 g/mol. The van der Waals surface area contributed by atoms with Crippen molar-refractivity contribution in [2.75, 3.05) is 6.54 Å². The van der Waals surface area contributed by atoms with Crippen LogP contribution < -0.4 is 11.1 Å². The van der Waals surface area contributed by atoms with Crippen molar-refractivity contribution in [3.8, 4) is 0 Å². The minimum atomic E-state index is -0.0852. The SMILES string of the molecule is CC(NCC(C)(C)C(C)C)C(N)=NO. The van der Waals surface area contributed by atoms with Gasteiger partial charge in [-0.15, -0.1) is 0 Å². The summed E-state index contributed by atoms with van der Waals surface area (Å²) in [4.78, 5) is 0. The summed E-state index contributed by atoms with van der Waals surface area (Å²) in [5.41, 5.74) is 5.67. The van der Waals surface area contributed by atoms with Crippen LogP contribution in [0, 0.1) is 11.3 Å². The molecular formula is C10H23N3O. The minimum absolute atomic E-state index is 0.0852. The Bertz CT molecular complexity index is 200. The number of oxime groups is 1. The lowest BCUT2D eigenvalue weighted by Crippen LogP contribution is -2.44. The first kappa shape index (κ1) is 13.2. The highest BCUT2D eigenvalue weighted by molar-refractivity contribution is 5.84. The van der Waals surface area contributed by atoms with Crippen LogP contribution in [0.15, 0.2) is 5.16 Å². The molecule has 0 heterocycles. The van der Waals surface area contributed by atoms with E-state index in [2.05, 4.69) is 38.2 Å². The van der Waals surface area contributed by atoms with E-state index in [0.29, 0.717) is 5.92 Å². The topological polar surface area (TPSA) is 70.6 Å². The van der Waals surface area contributed by atoms with Crippen molar-refractivity contribution in [1.82, 2.24) is 5.32 Å². The summed E-state index contributed by atoms with van der Waals surface area (Å²) in [5, 5.41) is 14.7. The van der Waals surface area contributed by atoms with Crippen LogP contribution in [0.1, 0.15) is 34.6 Å². The molecule has 0 amide bonds. The molecular weight excluding hydrogens is 178 g/mol. The predicted molar refractivity (Wildman–Crippen MR) is 59.5 cm³/mol. The maximum absolute atomic E-state index is 8.47. The summed E-state index contributed by atoms with van der Waals surface area (Å²) < 4.78 is 0. The molecule has 0 saturated carbocycles. The molecule has 0 radical (unpaired) electrons. The van der Waals surface area contributed by atoms with Crippen molar-refractivity contribution in [2.45, 2.75) is 40.7 Å². The van der Waals surface area contributed by atoms with Crippen LogP contribution in [0.3, 0.4) is 0 Å². The van der Waals surface area contributed by atoms with Crippen LogP contribution >= 0.6 is 0 Å². The smallest absolute Gasteiger partial charge is 0.156 e. The second kappa shape index (κ2) is 5.20. The summed E-state index contributed by atoms with van der Waals surface area (Å²) in [6, 6.07) is -0.0852. The molecule has 0 spiro atoms. The van der Waals surface area contributed by atoms with Gasteiger partial charge in [0.25, 0.3) is 0 Å². The van der Waals surface area contributed by atoms with Gasteiger partial charge in [-0.05, 0) is 18.3 Å². The van der Waals surface area contributed by atoms with Crippen LogP contribution in [0.25, 0.3) is 0 Å². The van der Waals surface area contributed by atoms with Crippen LogP contribution in [-0.4, -0.2) is 23.6 Å². The molecule has 0 aromatic rings. The summed E-state index contributed by atoms with van der Waals surface area (Å²) in [6.07, 6.45) is 0. The summed E-state index contributed by atoms with van der Waals surface area (Å²) >= 11 is 0. The van der Waals surface area contributed by atoms with Gasteiger partial charge >= 0.3 is 0 Å². The van der Waals surface area contributed by atoms with E-state index in [1.807, 2.05) is 6.92 Å². The van der Waals surface area contributed by atoms with Gasteiger partial charge in [-0.1, -0.05) is 32.9 Å². The van der Waals surface area contributed by atoms with Crippen molar-refractivity contribution in [1.29, 1.82) is 0 Å². The van der Waals surface area contributed by atoms with E-state index in [-0.39, 0.29) is 17.3 Å². The van der Waals surface area contributed by atoms with E-state index in [1.54, 1.807) is 0 Å². The molecule has 0 aliphatic rings. The third-order valence-corrected chi connectivity index (χ3v) is 2.99. The highest BCUT2D eigenvalue weighted by Crippen LogP contribution is 2.24. The molecule has 4 N–H and O–H groups in total. The second-order valence-electron chi connectivity index (χ2n) is 4.77. The summed E-state index contributed by atoms with van der Waals surface area (Å²) in [5.74, 6) is 0.819. The van der Waals surface area contributed by atoms with Gasteiger partial charge in [0.15, 0.2) is 5.84 Å². The van der Waals surface area contributed by atoms with Crippen LogP contribution in [0.2, 0.25) is 0 Å². The van der Waals surface area contributed by atoms with E-state index in [9.17, 15) is 0 Å². The minimum Gasteiger partial charge on any atom is -0.409 e. The van der Waals surface area contributed by atoms with E-state index >= 15 is 0 Å². The standard InChI is InChI=1S/C10H23N3O/c1-7(2)10(4,5)6-12-8(3)9(11)13-14/h7-8,12,14H,6H2,1-5H3,(H2,11,13). The first-order valence-electron chi connectivity index (χ1n) is 5.02. The van der Waals surface area contributed by atoms with E-state index in [0.717, 1.165) is 6.54 Å². The fraction of sp³-hybridized carbons (Fsp3) is 0.900. The molecule has 0 aromatic carbocycles. The fourth-order valence-corrected chi connectivity index (χ4v) is 0.811. The van der Waals surface area contributed by atoms with Crippen LogP contribution in [0.5, 0.6) is 0 Å². The first-order valence-corrected chi connectivity index (χ1v) is 5.02. The number of hydrogen-bond acceptors (Lipinski definition) is 3. The van der Waals surface area contributed by atoms with Gasteiger partial charge in [0.2, 0.25) is 0 Å². The number of hydrogen-bond donors (Lipinski definition) is 3. The lowest BCUT2D eigenvalue weighted by molar-refractivity contribution is 0.235. The Kier molecular flexibility index (Phi) is 4.91. The molecule has 1 unspecified atom stereocenters. The third kappa shape index (κ3) is 3.96. The van der Waals surface area contributed by atoms with Crippen molar-refractivity contribution >= 4 is 5.84 Å². The molecule has 0 fully saturated rings. The van der Waals surface area contributed by atoms with Crippen LogP contribution in [0.4, 0.5) is 0 Å². The lowest BCUT2D eigenvalue weighted by atomic mass is 9.81. The van der Waals surface area contributed by atoms with Gasteiger partial charge in [-0.2, -0.15) is 0 Å². The molecule has 0 aliphatic carbocycles. The normalized spacial score (nSPS) is 16.0. The van der Waals surface area contributed by atoms with Gasteiger partial charge in [-0.3, -0.25) is 0 Å². The zero-order valence-corrected chi connectivity index (χ0v) is 9.83. The Balaban J connectivity index is 4.06. The molecule has 84 valence electrons. The van der Waals surface area contributed by atoms with E-state index in [1.165, 1.54) is 0 Å². The highest BCUT2D eigenvalue weighted by atomic mass is 16.4. The Morgan fingerprint density at radius 1 is 1.43 bits per heavy atom. The molecule has 0 aromatic heterocycles. The molecule has 4 heteroatoms. The summed E-state index contributed by atoms with van der Waals surface area (Å²) in [7, 11) is 0. The number of nitrogens with one attached hydrogen (secondary N) is 1. The summed E-state index contributed by atoms with van der Waals surface area (Å²) in [6.45, 7) is 11.5. The van der Waals surface area contributed by atoms with Crippen molar-refractivity contribution in [3.63, 3.8) is 0 Å². The van der Waals surface area contributed by atoms with Gasteiger partial charge < -0.3 is 16.3 Å². The van der Waals surface area contributed by atoms with Gasteiger partial charge in [0.05, 0.1) is 6.04 Å². The van der Waals surface area contributed by atoms with Crippen LogP contribution in [-0.2, 0) is 0 Å². The lowest BCUT2D eigenvalue weighted by Gasteiger charge is -2.30. The highest BCUT2D eigenvalue weighted by Gasteiger charge is 2.23. The number of nitrogens with two attached hydrogens (primary N) is 1. The zero-order chi connectivity index (χ0) is 11.4. The van der Waals surface area contributed by atoms with Crippen molar-refractivity contribution < 1.29 is 5.21 Å². The monoisotopic (exact) mass is 201 g/mol. The molecule has 0 bridgehead atoms. The molecule has 4 nitrogen and oxygen atoms in total. The molecule has 0 rings (SSSR count). The number of rotatable bonds is 5. The Hall–Kier alpha value is -0.770. The van der Waals surface area contributed by atoms with Gasteiger partial charge in [-0.25, -0.2) is 0 Å². The average Bonchev–Trinajstić information content (AvgIpc) is 2.12. The largest absolute Gasteiger partial charge is 0.409 e. The van der Waals surface area contributed by atoms with Gasteiger partial charge in [0.1, 0.15) is 0 Å².